The van der Waals surface area contributed by atoms with Crippen LogP contribution in [0.2, 0.25) is 0 Å². The second-order valence-corrected chi connectivity index (χ2v) is 19.1. The summed E-state index contributed by atoms with van der Waals surface area (Å²) >= 11 is 4.70. The minimum atomic E-state index is -0.329. The predicted molar refractivity (Wildman–Crippen MR) is 302 cm³/mol. The third-order valence-corrected chi connectivity index (χ3v) is 12.5. The van der Waals surface area contributed by atoms with Crippen LogP contribution in [0.15, 0.2) is 173 Å². The predicted octanol–water partition coefficient (Wildman–Crippen LogP) is 6.86. The number of rotatable bonds is 11. The minimum absolute atomic E-state index is 0. The maximum absolute atomic E-state index is 11.7. The van der Waals surface area contributed by atoms with Crippen molar-refractivity contribution in [2.24, 2.45) is 5.73 Å². The summed E-state index contributed by atoms with van der Waals surface area (Å²) in [7, 11) is 7.53. The van der Waals surface area contributed by atoms with Gasteiger partial charge in [-0.3, -0.25) is 48.8 Å². The van der Waals surface area contributed by atoms with E-state index in [-0.39, 0.29) is 87.6 Å². The van der Waals surface area contributed by atoms with Crippen molar-refractivity contribution in [3.63, 3.8) is 0 Å². The maximum atomic E-state index is 11.7. The molecule has 0 bridgehead atoms. The fourth-order valence-corrected chi connectivity index (χ4v) is 8.09. The van der Waals surface area contributed by atoms with E-state index in [2.05, 4.69) is 32.5 Å². The number of carbonyl (C=O) groups excluding carboxylic acids is 9. The van der Waals surface area contributed by atoms with E-state index in [1.807, 2.05) is 111 Å². The molecule has 3 aromatic heterocycles. The molecular weight excluding hydrogens is 1210 g/mol. The van der Waals surface area contributed by atoms with E-state index in [9.17, 15) is 43.2 Å². The number of aromatic nitrogens is 3. The van der Waals surface area contributed by atoms with Crippen LogP contribution in [-0.2, 0) is 55.8 Å². The molecule has 0 aliphatic carbocycles. The molecule has 0 unspecified atom stereocenters. The fourth-order valence-electron chi connectivity index (χ4n) is 4.69. The summed E-state index contributed by atoms with van der Waals surface area (Å²) in [6.45, 7) is 11.9. The first-order valence-electron chi connectivity index (χ1n) is 22.2. The normalized spacial score (nSPS) is 11.9. The van der Waals surface area contributed by atoms with E-state index in [1.165, 1.54) is 97.1 Å². The molecule has 0 saturated heterocycles. The van der Waals surface area contributed by atoms with Crippen molar-refractivity contribution in [1.29, 1.82) is 0 Å². The third-order valence-electron chi connectivity index (χ3n) is 8.09. The number of hydrogen-bond donors (Lipinski definition) is 4. The van der Waals surface area contributed by atoms with Crippen molar-refractivity contribution >= 4 is 121 Å². The van der Waals surface area contributed by atoms with Crippen LogP contribution < -0.4 is 26.6 Å². The maximum Gasteiger partial charge on any atom is 0.258 e. The molecule has 5 aromatic rings. The Bertz CT molecular complexity index is 2610. The second-order valence-electron chi connectivity index (χ2n) is 14.0. The summed E-state index contributed by atoms with van der Waals surface area (Å²) in [4.78, 5) is 110. The molecule has 24 heteroatoms. The van der Waals surface area contributed by atoms with Crippen molar-refractivity contribution in [1.82, 2.24) is 30.5 Å². The SMILES string of the molecule is CCN.CCN1C(=O)C=CC1=O.Cc1ccc(N2C(=O)C=CC2=O)cc1.Cc1ccc(NC(=O)CSSc2ccccn2)cc1.O=C1C=CC(=O)N1.O=CCSSc1ccccn1.[CH2-]C(=O)NC.[S-]c1ccccn1.[Sm]. The molecule has 18 nitrogen and oxygen atoms in total. The average molecular weight is 1260 g/mol. The molecule has 402 valence electrons. The van der Waals surface area contributed by atoms with Gasteiger partial charge in [-0.15, -0.1) is 0 Å². The average Bonchev–Trinajstić information content (AvgIpc) is 4.08. The van der Waals surface area contributed by atoms with Gasteiger partial charge in [0, 0.05) is 115 Å². The smallest absolute Gasteiger partial charge is 0.258 e. The number of benzene rings is 2. The van der Waals surface area contributed by atoms with Gasteiger partial charge in [0.25, 0.3) is 35.4 Å². The zero-order chi connectivity index (χ0) is 55.8. The first-order valence-corrected chi connectivity index (χ1v) is 27.2. The van der Waals surface area contributed by atoms with Gasteiger partial charge in [0.05, 0.1) is 23.1 Å². The zero-order valence-corrected chi connectivity index (χ0v) is 48.8. The molecular formula is C52H57N9O9S5Sm-2. The number of nitrogens with zero attached hydrogens (tertiary/aromatic N) is 5. The molecule has 0 radical (unpaired) electrons. The molecule has 0 fully saturated rings. The van der Waals surface area contributed by atoms with Crippen LogP contribution in [0.3, 0.4) is 0 Å². The quantitative estimate of drug-likeness (QED) is 0.0263. The number of amides is 8. The van der Waals surface area contributed by atoms with E-state index in [0.717, 1.165) is 39.0 Å². The van der Waals surface area contributed by atoms with E-state index in [0.29, 0.717) is 28.8 Å². The minimum Gasteiger partial charge on any atom is -0.760 e. The van der Waals surface area contributed by atoms with Gasteiger partial charge in [0.15, 0.2) is 0 Å². The van der Waals surface area contributed by atoms with Crippen LogP contribution in [0, 0.1) is 61.2 Å². The number of nitrogens with one attached hydrogen (secondary N) is 3. The number of anilines is 2. The van der Waals surface area contributed by atoms with Gasteiger partial charge >= 0.3 is 0 Å². The summed E-state index contributed by atoms with van der Waals surface area (Å²) in [5, 5.41) is 9.68. The molecule has 0 spiro atoms. The standard InChI is InChI=1S/C14H14N2OS2.C11H9NO2.C7H7NOS2.C6H7NO2.C5H5NS.C4H3NO2.C3H6NO.C2H7N.Sm/c1-11-5-7-12(8-6-11)16-13(17)10-18-19-14-4-2-3-9-15-14;1-8-2-4-9(5-3-8)12-10(13)6-7-11(12)14;9-5-6-10-11-7-3-1-2-4-8-7;1-2-7-5(8)3-4-6(7)9;7-5-3-1-2-4-6-5;6-3-1-2-4(7)5-3;1-3(5)4-2;1-2-3;/h2-9H,10H2,1H3,(H,16,17);2-7H,1H3;1-5H,6H2;3-4H,2H2,1H3;1-4H,(H,6,7);1-2H,(H,5,6,7);1H2,2H3,(H,4,5);2-3H2,1H3;/q;;;;;;-1;;/p-1. The van der Waals surface area contributed by atoms with Gasteiger partial charge in [0.1, 0.15) is 16.3 Å². The van der Waals surface area contributed by atoms with Crippen LogP contribution >= 0.6 is 43.2 Å². The number of pyridine rings is 3. The Hall–Kier alpha value is -6.07. The topological polar surface area (TPSA) is 261 Å². The second kappa shape index (κ2) is 43.1. The Morgan fingerprint density at radius 1 is 0.671 bits per heavy atom. The van der Waals surface area contributed by atoms with Crippen molar-refractivity contribution in [3.05, 3.63) is 176 Å². The Labute approximate surface area is 496 Å². The molecule has 8 amide bonds. The summed E-state index contributed by atoms with van der Waals surface area (Å²) < 4.78 is 0. The molecule has 3 aliphatic rings. The van der Waals surface area contributed by atoms with Crippen LogP contribution in [0.4, 0.5) is 11.4 Å². The summed E-state index contributed by atoms with van der Waals surface area (Å²) in [6, 6.07) is 32.0. The van der Waals surface area contributed by atoms with Crippen molar-refractivity contribution < 1.29 is 83.5 Å². The van der Waals surface area contributed by atoms with Crippen molar-refractivity contribution in [3.8, 4) is 0 Å². The zero-order valence-electron chi connectivity index (χ0n) is 42.1. The van der Waals surface area contributed by atoms with Crippen molar-refractivity contribution in [2.45, 2.75) is 42.8 Å². The van der Waals surface area contributed by atoms with Gasteiger partial charge in [0.2, 0.25) is 5.91 Å². The number of aryl methyl sites for hydroxylation is 2. The Kier molecular flexibility index (Phi) is 39.6. The number of carbonyl (C=O) groups is 9. The number of likely N-dealkylation sites (N-methyl/N-ethyl adjacent to an activating group) is 1. The third kappa shape index (κ3) is 33.1. The van der Waals surface area contributed by atoms with Crippen molar-refractivity contribution in [2.75, 3.05) is 41.9 Å². The van der Waals surface area contributed by atoms with E-state index in [1.54, 1.807) is 43.7 Å². The molecule has 76 heavy (non-hydrogen) atoms. The molecule has 0 saturated carbocycles. The Morgan fingerprint density at radius 2 is 1.11 bits per heavy atom. The van der Waals surface area contributed by atoms with Gasteiger partial charge in [-0.05, 0) is 104 Å². The fraction of sp³-hybridized carbons (Fsp3) is 0.173. The largest absolute Gasteiger partial charge is 0.760 e. The first-order chi connectivity index (χ1) is 36.0. The Morgan fingerprint density at radius 3 is 1.45 bits per heavy atom. The van der Waals surface area contributed by atoms with Gasteiger partial charge < -0.3 is 45.5 Å². The van der Waals surface area contributed by atoms with Crippen LogP contribution in [0.1, 0.15) is 25.0 Å². The number of imide groups is 3. The van der Waals surface area contributed by atoms with Gasteiger partial charge in [-0.1, -0.05) is 93.2 Å². The first kappa shape index (κ1) is 69.9. The van der Waals surface area contributed by atoms with Gasteiger partial charge in [-0.25, -0.2) is 14.9 Å². The van der Waals surface area contributed by atoms with E-state index < -0.39 is 0 Å². The van der Waals surface area contributed by atoms with E-state index in [4.69, 9.17) is 18.4 Å². The Balaban J connectivity index is 0.000000887. The number of nitrogens with two attached hydrogens (primary N) is 1. The number of aldehydes is 1. The summed E-state index contributed by atoms with van der Waals surface area (Å²) in [5.41, 5.74) is 8.58. The molecule has 8 rings (SSSR count). The van der Waals surface area contributed by atoms with Crippen LogP contribution in [-0.4, -0.2) is 105 Å². The molecule has 2 aromatic carbocycles. The summed E-state index contributed by atoms with van der Waals surface area (Å²) in [6.07, 6.45) is 13.6. The number of hydrogen-bond acceptors (Lipinski definition) is 18. The van der Waals surface area contributed by atoms with E-state index >= 15 is 0 Å². The molecule has 5 N–H and O–H groups in total. The molecule has 6 heterocycles. The van der Waals surface area contributed by atoms with Crippen LogP contribution in [0.25, 0.3) is 0 Å². The molecule has 0 atom stereocenters. The monoisotopic (exact) mass is 1260 g/mol. The van der Waals surface area contributed by atoms with Gasteiger partial charge in [-0.2, -0.15) is 0 Å². The molecule has 3 aliphatic heterocycles. The summed E-state index contributed by atoms with van der Waals surface area (Å²) in [5.74, 6) is -0.962. The van der Waals surface area contributed by atoms with Crippen LogP contribution in [0.5, 0.6) is 0 Å².